The Labute approximate surface area is 155 Å². The van der Waals surface area contributed by atoms with Gasteiger partial charge in [0.05, 0.1) is 7.05 Å². The number of rotatable bonds is 6. The van der Waals surface area contributed by atoms with Crippen molar-refractivity contribution in [3.05, 3.63) is 70.7 Å². The van der Waals surface area contributed by atoms with Crippen LogP contribution in [0.1, 0.15) is 42.9 Å². The third-order valence-corrected chi connectivity index (χ3v) is 5.24. The van der Waals surface area contributed by atoms with E-state index in [2.05, 4.69) is 24.5 Å². The van der Waals surface area contributed by atoms with E-state index < -0.39 is 0 Å². The van der Waals surface area contributed by atoms with E-state index in [1.807, 2.05) is 42.5 Å². The van der Waals surface area contributed by atoms with E-state index in [1.165, 1.54) is 18.4 Å². The first-order chi connectivity index (χ1) is 12.1. The van der Waals surface area contributed by atoms with Gasteiger partial charge in [-0.1, -0.05) is 66.9 Å². The van der Waals surface area contributed by atoms with Gasteiger partial charge in [-0.15, -0.1) is 0 Å². The molecule has 0 bridgehead atoms. The molecular formula is C21H26ClN2O+. The van der Waals surface area contributed by atoms with Crippen molar-refractivity contribution >= 4 is 17.5 Å². The molecule has 0 heterocycles. The van der Waals surface area contributed by atoms with Gasteiger partial charge in [-0.3, -0.25) is 4.79 Å². The van der Waals surface area contributed by atoms with Crippen molar-refractivity contribution < 1.29 is 9.69 Å². The Balaban J connectivity index is 1.79. The third kappa shape index (κ3) is 4.83. The van der Waals surface area contributed by atoms with Crippen LogP contribution in [0, 0.1) is 0 Å². The minimum atomic E-state index is -0.238. The lowest BCUT2D eigenvalue weighted by molar-refractivity contribution is -0.916. The van der Waals surface area contributed by atoms with Crippen molar-refractivity contribution in [3.63, 3.8) is 0 Å². The maximum absolute atomic E-state index is 13.1. The van der Waals surface area contributed by atoms with E-state index in [0.717, 1.165) is 29.8 Å². The van der Waals surface area contributed by atoms with Crippen molar-refractivity contribution in [1.82, 2.24) is 5.32 Å². The van der Waals surface area contributed by atoms with Crippen molar-refractivity contribution in [1.29, 1.82) is 0 Å². The van der Waals surface area contributed by atoms with Gasteiger partial charge in [-0.25, -0.2) is 0 Å². The van der Waals surface area contributed by atoms with E-state index in [1.54, 1.807) is 0 Å². The van der Waals surface area contributed by atoms with Crippen LogP contribution < -0.4 is 10.2 Å². The molecule has 0 spiro atoms. The molecule has 1 aliphatic rings. The molecule has 1 amide bonds. The first-order valence-corrected chi connectivity index (χ1v) is 9.43. The number of amides is 1. The quantitative estimate of drug-likeness (QED) is 0.818. The third-order valence-electron chi connectivity index (χ3n) is 4.99. The molecule has 1 aliphatic carbocycles. The lowest BCUT2D eigenvalue weighted by Crippen LogP contribution is -3.09. The maximum Gasteiger partial charge on any atom is 0.283 e. The Hall–Kier alpha value is -1.84. The van der Waals surface area contributed by atoms with Crippen molar-refractivity contribution in [2.75, 3.05) is 7.05 Å². The normalized spacial score (nSPS) is 17.2. The molecule has 0 radical (unpaired) electrons. The standard InChI is InChI=1S/C21H25ClN2O/c1-24(15-16-7-3-2-4-8-16)20(17-11-13-18(22)14-12-17)21(25)23-19-9-5-6-10-19/h2-4,7-8,11-14,19-20H,5-6,9-10,15H2,1H3,(H,23,25)/p+1. The lowest BCUT2D eigenvalue weighted by atomic mass is 10.0. The summed E-state index contributed by atoms with van der Waals surface area (Å²) in [5.74, 6) is 0.114. The molecule has 0 aromatic heterocycles. The van der Waals surface area contributed by atoms with Gasteiger partial charge in [0.2, 0.25) is 0 Å². The second-order valence-electron chi connectivity index (χ2n) is 6.98. The van der Waals surface area contributed by atoms with Gasteiger partial charge in [0.15, 0.2) is 6.04 Å². The summed E-state index contributed by atoms with van der Waals surface area (Å²) < 4.78 is 0. The van der Waals surface area contributed by atoms with Crippen molar-refractivity contribution in [2.45, 2.75) is 44.3 Å². The number of benzene rings is 2. The summed E-state index contributed by atoms with van der Waals surface area (Å²) in [6.45, 7) is 0.798. The van der Waals surface area contributed by atoms with Crippen LogP contribution in [0.25, 0.3) is 0 Å². The van der Waals surface area contributed by atoms with E-state index >= 15 is 0 Å². The number of halogens is 1. The smallest absolute Gasteiger partial charge is 0.283 e. The highest BCUT2D eigenvalue weighted by Gasteiger charge is 2.31. The first kappa shape index (κ1) is 18.0. The van der Waals surface area contributed by atoms with Crippen LogP contribution in [0.4, 0.5) is 0 Å². The number of hydrogen-bond donors (Lipinski definition) is 2. The van der Waals surface area contributed by atoms with Gasteiger partial charge in [-0.05, 0) is 25.0 Å². The zero-order valence-corrected chi connectivity index (χ0v) is 15.4. The van der Waals surface area contributed by atoms with E-state index in [4.69, 9.17) is 11.6 Å². The number of likely N-dealkylation sites (N-methyl/N-ethyl adjacent to an activating group) is 1. The van der Waals surface area contributed by atoms with Gasteiger partial charge in [0, 0.05) is 22.2 Å². The van der Waals surface area contributed by atoms with E-state index in [-0.39, 0.29) is 11.9 Å². The molecule has 132 valence electrons. The second kappa shape index (κ2) is 8.50. The minimum absolute atomic E-state index is 0.114. The molecule has 3 nitrogen and oxygen atoms in total. The Morgan fingerprint density at radius 1 is 1.12 bits per heavy atom. The van der Waals surface area contributed by atoms with Gasteiger partial charge in [0.1, 0.15) is 6.54 Å². The number of nitrogens with one attached hydrogen (secondary N) is 2. The van der Waals surface area contributed by atoms with Crippen molar-refractivity contribution in [3.8, 4) is 0 Å². The molecule has 1 saturated carbocycles. The average molecular weight is 358 g/mol. The second-order valence-corrected chi connectivity index (χ2v) is 7.42. The molecule has 4 heteroatoms. The Morgan fingerprint density at radius 2 is 1.76 bits per heavy atom. The zero-order chi connectivity index (χ0) is 17.6. The average Bonchev–Trinajstić information content (AvgIpc) is 3.10. The van der Waals surface area contributed by atoms with Crippen LogP contribution >= 0.6 is 11.6 Å². The molecule has 25 heavy (non-hydrogen) atoms. The fraction of sp³-hybridized carbons (Fsp3) is 0.381. The monoisotopic (exact) mass is 357 g/mol. The van der Waals surface area contributed by atoms with Crippen LogP contribution in [0.5, 0.6) is 0 Å². The number of hydrogen-bond acceptors (Lipinski definition) is 1. The fourth-order valence-corrected chi connectivity index (χ4v) is 3.82. The van der Waals surface area contributed by atoms with Gasteiger partial charge in [0.25, 0.3) is 5.91 Å². The van der Waals surface area contributed by atoms with Crippen LogP contribution in [0.15, 0.2) is 54.6 Å². The highest BCUT2D eigenvalue weighted by atomic mass is 35.5. The molecular weight excluding hydrogens is 332 g/mol. The number of quaternary nitrogens is 1. The Bertz CT molecular complexity index is 681. The van der Waals surface area contributed by atoms with Crippen LogP contribution in [0.3, 0.4) is 0 Å². The SMILES string of the molecule is C[NH+](Cc1ccccc1)C(C(=O)NC1CCCC1)c1ccc(Cl)cc1. The zero-order valence-electron chi connectivity index (χ0n) is 14.7. The minimum Gasteiger partial charge on any atom is -0.348 e. The summed E-state index contributed by atoms with van der Waals surface area (Å²) in [5.41, 5.74) is 2.24. The van der Waals surface area contributed by atoms with Gasteiger partial charge in [-0.2, -0.15) is 0 Å². The molecule has 2 aromatic rings. The summed E-state index contributed by atoms with van der Waals surface area (Å²) in [6, 6.07) is 18.1. The number of carbonyl (C=O) groups excluding carboxylic acids is 1. The lowest BCUT2D eigenvalue weighted by Gasteiger charge is -2.26. The summed E-state index contributed by atoms with van der Waals surface area (Å²) in [6.07, 6.45) is 4.61. The molecule has 1 fully saturated rings. The summed E-state index contributed by atoms with van der Waals surface area (Å²) in [7, 11) is 2.08. The van der Waals surface area contributed by atoms with Crippen LogP contribution in [-0.2, 0) is 11.3 Å². The number of carbonyl (C=O) groups is 1. The first-order valence-electron chi connectivity index (χ1n) is 9.05. The largest absolute Gasteiger partial charge is 0.348 e. The maximum atomic E-state index is 13.1. The molecule has 2 atom stereocenters. The van der Waals surface area contributed by atoms with E-state index in [0.29, 0.717) is 11.1 Å². The molecule has 2 aromatic carbocycles. The molecule has 0 aliphatic heterocycles. The highest BCUT2D eigenvalue weighted by molar-refractivity contribution is 6.30. The van der Waals surface area contributed by atoms with Gasteiger partial charge >= 0.3 is 0 Å². The Kier molecular flexibility index (Phi) is 6.11. The predicted octanol–water partition coefficient (Wildman–Crippen LogP) is 3.15. The Morgan fingerprint density at radius 3 is 2.40 bits per heavy atom. The van der Waals surface area contributed by atoms with E-state index in [9.17, 15) is 4.79 Å². The van der Waals surface area contributed by atoms with Gasteiger partial charge < -0.3 is 10.2 Å². The molecule has 2 N–H and O–H groups in total. The summed E-state index contributed by atoms with van der Waals surface area (Å²) in [5, 5.41) is 3.96. The topological polar surface area (TPSA) is 33.5 Å². The van der Waals surface area contributed by atoms with Crippen molar-refractivity contribution in [2.24, 2.45) is 0 Å². The molecule has 0 saturated heterocycles. The summed E-state index contributed by atoms with van der Waals surface area (Å²) >= 11 is 6.04. The molecule has 3 rings (SSSR count). The predicted molar refractivity (Wildman–Crippen MR) is 102 cm³/mol. The van der Waals surface area contributed by atoms with Crippen LogP contribution in [0.2, 0.25) is 5.02 Å². The fourth-order valence-electron chi connectivity index (χ4n) is 3.69. The molecule has 2 unspecified atom stereocenters. The summed E-state index contributed by atoms with van der Waals surface area (Å²) in [4.78, 5) is 14.2. The van der Waals surface area contributed by atoms with Crippen LogP contribution in [-0.4, -0.2) is 19.0 Å². The highest BCUT2D eigenvalue weighted by Crippen LogP contribution is 2.20.